The first-order chi connectivity index (χ1) is 13.0. The molecule has 3 atom stereocenters. The highest BCUT2D eigenvalue weighted by molar-refractivity contribution is 5.75. The Hall–Kier alpha value is -1.88. The van der Waals surface area contributed by atoms with Crippen LogP contribution in [0.5, 0.6) is 0 Å². The molecule has 5 heteroatoms. The average molecular weight is 370 g/mol. The fraction of sp³-hybridized carbons (Fsp3) is 0.636. The van der Waals surface area contributed by atoms with E-state index in [0.29, 0.717) is 12.5 Å². The molecule has 1 aliphatic heterocycles. The molecular weight excluding hydrogens is 340 g/mol. The average Bonchev–Trinajstić information content (AvgIpc) is 3.36. The Morgan fingerprint density at radius 2 is 2.00 bits per heavy atom. The third kappa shape index (κ3) is 3.62. The molecule has 1 heterocycles. The molecule has 2 aliphatic carbocycles. The second-order valence-corrected chi connectivity index (χ2v) is 8.48. The minimum Gasteiger partial charge on any atom is -0.466 e. The quantitative estimate of drug-likeness (QED) is 0.810. The van der Waals surface area contributed by atoms with Crippen LogP contribution >= 0.6 is 0 Å². The molecule has 1 aromatic carbocycles. The molecule has 1 saturated heterocycles. The van der Waals surface area contributed by atoms with E-state index >= 15 is 0 Å². The molecule has 1 saturated carbocycles. The number of piperidine rings is 1. The second kappa shape index (κ2) is 7.27. The van der Waals surface area contributed by atoms with Crippen molar-refractivity contribution in [2.75, 3.05) is 26.2 Å². The van der Waals surface area contributed by atoms with Crippen LogP contribution in [0.1, 0.15) is 56.7 Å². The van der Waals surface area contributed by atoms with Gasteiger partial charge in [-0.1, -0.05) is 24.3 Å². The molecule has 1 N–H and O–H groups in total. The Bertz CT molecular complexity index is 724. The normalized spacial score (nSPS) is 28.6. The van der Waals surface area contributed by atoms with E-state index in [4.69, 9.17) is 4.74 Å². The smallest absolute Gasteiger partial charge is 0.309 e. The fourth-order valence-corrected chi connectivity index (χ4v) is 5.22. The summed E-state index contributed by atoms with van der Waals surface area (Å²) in [7, 11) is 0. The van der Waals surface area contributed by atoms with E-state index in [-0.39, 0.29) is 29.3 Å². The molecule has 2 unspecified atom stereocenters. The predicted molar refractivity (Wildman–Crippen MR) is 103 cm³/mol. The van der Waals surface area contributed by atoms with E-state index in [0.717, 1.165) is 45.3 Å². The number of fused-ring (bicyclic) bond motifs is 2. The summed E-state index contributed by atoms with van der Waals surface area (Å²) in [4.78, 5) is 26.0. The van der Waals surface area contributed by atoms with Crippen molar-refractivity contribution >= 4 is 11.9 Å². The minimum atomic E-state index is -0.0150. The van der Waals surface area contributed by atoms with Crippen LogP contribution in [-0.2, 0) is 19.7 Å². The van der Waals surface area contributed by atoms with Gasteiger partial charge in [0, 0.05) is 18.9 Å². The summed E-state index contributed by atoms with van der Waals surface area (Å²) in [5.74, 6) is 0.625. The number of ether oxygens (including phenoxy) is 1. The fourth-order valence-electron chi connectivity index (χ4n) is 5.22. The molecule has 1 spiro atoms. The van der Waals surface area contributed by atoms with Gasteiger partial charge in [-0.3, -0.25) is 9.59 Å². The van der Waals surface area contributed by atoms with Crippen LogP contribution in [0.25, 0.3) is 0 Å². The monoisotopic (exact) mass is 370 g/mol. The Kier molecular flexibility index (Phi) is 4.97. The number of carbonyl (C=O) groups is 2. The molecular formula is C22H30N2O3. The van der Waals surface area contributed by atoms with E-state index in [9.17, 15) is 9.59 Å². The minimum absolute atomic E-state index is 0.0150. The van der Waals surface area contributed by atoms with E-state index in [1.165, 1.54) is 11.1 Å². The lowest BCUT2D eigenvalue weighted by Gasteiger charge is -2.40. The van der Waals surface area contributed by atoms with Crippen molar-refractivity contribution in [3.05, 3.63) is 35.4 Å². The molecule has 27 heavy (non-hydrogen) atoms. The highest BCUT2D eigenvalue weighted by atomic mass is 16.5. The van der Waals surface area contributed by atoms with E-state index in [1.807, 2.05) is 6.92 Å². The van der Waals surface area contributed by atoms with Crippen LogP contribution in [-0.4, -0.2) is 43.0 Å². The second-order valence-electron chi connectivity index (χ2n) is 8.48. The van der Waals surface area contributed by atoms with Crippen LogP contribution in [0.4, 0.5) is 0 Å². The van der Waals surface area contributed by atoms with Gasteiger partial charge in [-0.2, -0.15) is 0 Å². The Morgan fingerprint density at radius 3 is 2.70 bits per heavy atom. The summed E-state index contributed by atoms with van der Waals surface area (Å²) in [6.07, 6.45) is 4.23. The SMILES string of the molecule is CCOC(=O)C1CC1CN1CCC2(CC1)C[C@H](NC(C)=O)c1ccccc12. The summed E-state index contributed by atoms with van der Waals surface area (Å²) in [5, 5.41) is 3.15. The first-order valence-corrected chi connectivity index (χ1v) is 10.3. The summed E-state index contributed by atoms with van der Waals surface area (Å²) in [6, 6.07) is 8.76. The van der Waals surface area contributed by atoms with Gasteiger partial charge in [0.15, 0.2) is 0 Å². The van der Waals surface area contributed by atoms with Crippen molar-refractivity contribution in [2.45, 2.75) is 51.0 Å². The van der Waals surface area contributed by atoms with Crippen molar-refractivity contribution in [1.29, 1.82) is 0 Å². The Labute approximate surface area is 161 Å². The highest BCUT2D eigenvalue weighted by Crippen LogP contribution is 2.51. The van der Waals surface area contributed by atoms with Crippen molar-refractivity contribution in [3.63, 3.8) is 0 Å². The number of hydrogen-bond donors (Lipinski definition) is 1. The number of benzene rings is 1. The van der Waals surface area contributed by atoms with E-state index in [2.05, 4.69) is 34.5 Å². The zero-order valence-electron chi connectivity index (χ0n) is 16.4. The Balaban J connectivity index is 1.37. The number of carbonyl (C=O) groups excluding carboxylic acids is 2. The van der Waals surface area contributed by atoms with Crippen LogP contribution in [0.3, 0.4) is 0 Å². The topological polar surface area (TPSA) is 58.6 Å². The molecule has 0 bridgehead atoms. The molecule has 0 aromatic heterocycles. The summed E-state index contributed by atoms with van der Waals surface area (Å²) in [6.45, 7) is 7.08. The third-order valence-corrected chi connectivity index (χ3v) is 6.70. The van der Waals surface area contributed by atoms with Gasteiger partial charge in [0.1, 0.15) is 0 Å². The van der Waals surface area contributed by atoms with Gasteiger partial charge >= 0.3 is 5.97 Å². The van der Waals surface area contributed by atoms with Gasteiger partial charge in [0.25, 0.3) is 0 Å². The van der Waals surface area contributed by atoms with E-state index < -0.39 is 0 Å². The van der Waals surface area contributed by atoms with Crippen molar-refractivity contribution in [1.82, 2.24) is 10.2 Å². The van der Waals surface area contributed by atoms with Gasteiger partial charge < -0.3 is 15.0 Å². The molecule has 4 rings (SSSR count). The molecule has 1 aromatic rings. The molecule has 0 radical (unpaired) electrons. The zero-order valence-corrected chi connectivity index (χ0v) is 16.4. The zero-order chi connectivity index (χ0) is 19.0. The number of nitrogens with zero attached hydrogens (tertiary/aromatic N) is 1. The van der Waals surface area contributed by atoms with Crippen molar-refractivity contribution < 1.29 is 14.3 Å². The molecule has 5 nitrogen and oxygen atoms in total. The summed E-state index contributed by atoms with van der Waals surface area (Å²) < 4.78 is 5.15. The summed E-state index contributed by atoms with van der Waals surface area (Å²) >= 11 is 0. The predicted octanol–water partition coefficient (Wildman–Crippen LogP) is 2.80. The first kappa shape index (κ1) is 18.5. The number of amides is 1. The third-order valence-electron chi connectivity index (χ3n) is 6.70. The number of rotatable bonds is 5. The van der Waals surface area contributed by atoms with Crippen LogP contribution in [0.2, 0.25) is 0 Å². The van der Waals surface area contributed by atoms with Crippen LogP contribution < -0.4 is 5.32 Å². The maximum absolute atomic E-state index is 11.8. The van der Waals surface area contributed by atoms with Gasteiger partial charge in [-0.15, -0.1) is 0 Å². The largest absolute Gasteiger partial charge is 0.466 e. The summed E-state index contributed by atoms with van der Waals surface area (Å²) in [5.41, 5.74) is 2.91. The number of nitrogens with one attached hydrogen (secondary N) is 1. The molecule has 146 valence electrons. The highest BCUT2D eigenvalue weighted by Gasteiger charge is 2.48. The lowest BCUT2D eigenvalue weighted by Crippen LogP contribution is -2.43. The van der Waals surface area contributed by atoms with Gasteiger partial charge in [-0.05, 0) is 62.7 Å². The van der Waals surface area contributed by atoms with Crippen LogP contribution in [0.15, 0.2) is 24.3 Å². The maximum Gasteiger partial charge on any atom is 0.309 e. The number of likely N-dealkylation sites (tertiary alicyclic amines) is 1. The van der Waals surface area contributed by atoms with Crippen LogP contribution in [0, 0.1) is 11.8 Å². The molecule has 1 amide bonds. The van der Waals surface area contributed by atoms with E-state index in [1.54, 1.807) is 6.92 Å². The van der Waals surface area contributed by atoms with Gasteiger partial charge in [0.05, 0.1) is 18.6 Å². The molecule has 3 aliphatic rings. The van der Waals surface area contributed by atoms with Gasteiger partial charge in [0.2, 0.25) is 5.91 Å². The Morgan fingerprint density at radius 1 is 1.26 bits per heavy atom. The van der Waals surface area contributed by atoms with Crippen molar-refractivity contribution in [3.8, 4) is 0 Å². The molecule has 2 fully saturated rings. The standard InChI is InChI=1S/C22H30N2O3/c1-3-27-21(26)18-12-16(18)14-24-10-8-22(9-11-24)13-20(23-15(2)25)17-6-4-5-7-19(17)22/h4-7,16,18,20H,3,8-14H2,1-2H3,(H,23,25)/t16?,18?,20-/m0/s1. The number of esters is 1. The first-order valence-electron chi connectivity index (χ1n) is 10.3. The maximum atomic E-state index is 11.8. The number of hydrogen-bond acceptors (Lipinski definition) is 4. The lowest BCUT2D eigenvalue weighted by molar-refractivity contribution is -0.145. The lowest BCUT2D eigenvalue weighted by atomic mass is 9.73. The van der Waals surface area contributed by atoms with Gasteiger partial charge in [-0.25, -0.2) is 0 Å². The van der Waals surface area contributed by atoms with Crippen molar-refractivity contribution in [2.24, 2.45) is 11.8 Å².